The lowest BCUT2D eigenvalue weighted by Gasteiger charge is -1.96. The number of nitrogens with one attached hydrogen (secondary N) is 1. The van der Waals surface area contributed by atoms with E-state index in [-0.39, 0.29) is 11.4 Å². The Morgan fingerprint density at radius 2 is 2.10 bits per heavy atom. The third-order valence-electron chi connectivity index (χ3n) is 1.12. The Bertz CT molecular complexity index is 212. The lowest BCUT2D eigenvalue weighted by molar-refractivity contribution is -0.369. The second-order valence-corrected chi connectivity index (χ2v) is 1.72. The number of hydrogen-bond acceptors (Lipinski definition) is 3. The summed E-state index contributed by atoms with van der Waals surface area (Å²) < 4.78 is 0. The molecular weight excluding hydrogens is 132 g/mol. The lowest BCUT2D eigenvalue weighted by Crippen LogP contribution is -2.67. The monoisotopic (exact) mass is 138 g/mol. The topological polar surface area (TPSA) is 69.6 Å². The number of oxime groups is 1. The summed E-state index contributed by atoms with van der Waals surface area (Å²) in [7, 11) is 0. The van der Waals surface area contributed by atoms with Crippen LogP contribution in [0.3, 0.4) is 0 Å². The molecule has 0 fully saturated rings. The molecule has 0 heterocycles. The highest BCUT2D eigenvalue weighted by Gasteiger charge is 2.09. The molecule has 1 aliphatic rings. The molecule has 0 unspecified atom stereocenters. The molecule has 0 aromatic heterocycles. The molecule has 0 saturated heterocycles. The van der Waals surface area contributed by atoms with E-state index < -0.39 is 0 Å². The quantitative estimate of drug-likeness (QED) is 0.194. The third kappa shape index (κ3) is 1.05. The van der Waals surface area contributed by atoms with Crippen molar-refractivity contribution in [3.05, 3.63) is 29.5 Å². The zero-order valence-corrected chi connectivity index (χ0v) is 5.11. The van der Waals surface area contributed by atoms with Crippen LogP contribution in [0.15, 0.2) is 29.5 Å². The van der Waals surface area contributed by atoms with Crippen LogP contribution in [-0.4, -0.2) is 16.6 Å². The first kappa shape index (κ1) is 6.54. The molecule has 0 saturated carbocycles. The largest absolute Gasteiger partial charge is 0.625 e. The zero-order chi connectivity index (χ0) is 7.40. The summed E-state index contributed by atoms with van der Waals surface area (Å²) >= 11 is 0. The van der Waals surface area contributed by atoms with Crippen molar-refractivity contribution in [1.82, 2.24) is 0 Å². The molecule has 0 radical (unpaired) electrons. The summed E-state index contributed by atoms with van der Waals surface area (Å²) in [5.74, 6) is 0. The molecule has 1 rings (SSSR count). The van der Waals surface area contributed by atoms with Gasteiger partial charge in [-0.15, -0.1) is 0 Å². The fourth-order valence-corrected chi connectivity index (χ4v) is 0.647. The number of allylic oxidation sites excluding steroid dienone is 4. The number of hydrogen-bond donors (Lipinski definition) is 2. The zero-order valence-electron chi connectivity index (χ0n) is 5.11. The van der Waals surface area contributed by atoms with Gasteiger partial charge in [-0.05, 0) is 6.08 Å². The Morgan fingerprint density at radius 3 is 2.60 bits per heavy atom. The minimum atomic E-state index is 0.248. The highest BCUT2D eigenvalue weighted by atomic mass is 16.4. The standard InChI is InChI=1S/C6H6N2O2/c9-7-5-3-1-2-4-6(5)8-10/h1-4,7H,(H-,9,10)/b7-5+,8-6-. The highest BCUT2D eigenvalue weighted by molar-refractivity contribution is 6.48. The van der Waals surface area contributed by atoms with Gasteiger partial charge in [0, 0.05) is 6.08 Å². The smallest absolute Gasteiger partial charge is 0.238 e. The van der Waals surface area contributed by atoms with Crippen molar-refractivity contribution >= 4 is 11.4 Å². The summed E-state index contributed by atoms with van der Waals surface area (Å²) in [5.41, 5.74) is 0.516. The van der Waals surface area contributed by atoms with Crippen LogP contribution in [0.25, 0.3) is 0 Å². The molecule has 0 amide bonds. The fourth-order valence-electron chi connectivity index (χ4n) is 0.647. The molecule has 2 N–H and O–H groups in total. The minimum absolute atomic E-state index is 0.248. The molecule has 4 heteroatoms. The van der Waals surface area contributed by atoms with Crippen LogP contribution in [0, 0.1) is 5.21 Å². The van der Waals surface area contributed by atoms with E-state index in [4.69, 9.17) is 5.21 Å². The molecular formula is C6H6N2O2. The summed E-state index contributed by atoms with van der Waals surface area (Å²) in [6, 6.07) is 0. The highest BCUT2D eigenvalue weighted by Crippen LogP contribution is 1.92. The van der Waals surface area contributed by atoms with Gasteiger partial charge >= 0.3 is 0 Å². The maximum atomic E-state index is 10.1. The molecule has 0 aromatic carbocycles. The summed E-state index contributed by atoms with van der Waals surface area (Å²) in [5, 5.41) is 22.9. The van der Waals surface area contributed by atoms with Gasteiger partial charge in [-0.3, -0.25) is 0 Å². The van der Waals surface area contributed by atoms with E-state index in [9.17, 15) is 5.21 Å². The van der Waals surface area contributed by atoms with Gasteiger partial charge in [-0.1, -0.05) is 17.3 Å². The van der Waals surface area contributed by atoms with E-state index in [0.717, 1.165) is 0 Å². The third-order valence-corrected chi connectivity index (χ3v) is 1.12. The molecule has 1 aliphatic carbocycles. The van der Waals surface area contributed by atoms with Gasteiger partial charge in [-0.2, -0.15) is 0 Å². The average Bonchev–Trinajstić information content (AvgIpc) is 2.04. The first-order valence-electron chi connectivity index (χ1n) is 2.71. The Kier molecular flexibility index (Phi) is 1.84. The van der Waals surface area contributed by atoms with Gasteiger partial charge in [0.05, 0.1) is 0 Å². The Labute approximate surface area is 57.5 Å². The first-order valence-corrected chi connectivity index (χ1v) is 2.71. The minimum Gasteiger partial charge on any atom is -0.625 e. The van der Waals surface area contributed by atoms with E-state index in [1.807, 2.05) is 0 Å². The predicted molar refractivity (Wildman–Crippen MR) is 36.8 cm³/mol. The maximum Gasteiger partial charge on any atom is 0.238 e. The van der Waals surface area contributed by atoms with Crippen LogP contribution in [0.2, 0.25) is 0 Å². The average molecular weight is 138 g/mol. The van der Waals surface area contributed by atoms with Gasteiger partial charge in [-0.25, -0.2) is 5.16 Å². The molecule has 4 nitrogen and oxygen atoms in total. The van der Waals surface area contributed by atoms with Gasteiger partial charge < -0.3 is 10.4 Å². The van der Waals surface area contributed by atoms with E-state index in [2.05, 4.69) is 5.16 Å². The summed E-state index contributed by atoms with van der Waals surface area (Å²) in [6.45, 7) is 0. The van der Waals surface area contributed by atoms with Crippen molar-refractivity contribution in [1.29, 1.82) is 0 Å². The van der Waals surface area contributed by atoms with Crippen LogP contribution in [-0.2, 0) is 0 Å². The van der Waals surface area contributed by atoms with Crippen LogP contribution >= 0.6 is 0 Å². The van der Waals surface area contributed by atoms with E-state index in [1.165, 1.54) is 12.2 Å². The van der Waals surface area contributed by atoms with Crippen molar-refractivity contribution < 1.29 is 10.4 Å². The number of rotatable bonds is 0. The second-order valence-electron chi connectivity index (χ2n) is 1.72. The van der Waals surface area contributed by atoms with E-state index in [1.54, 1.807) is 17.3 Å². The summed E-state index contributed by atoms with van der Waals surface area (Å²) in [4.78, 5) is 0. The first-order chi connectivity index (χ1) is 4.88. The van der Waals surface area contributed by atoms with Crippen molar-refractivity contribution in [3.8, 4) is 0 Å². The van der Waals surface area contributed by atoms with Crippen LogP contribution in [0.4, 0.5) is 0 Å². The molecule has 0 aliphatic heterocycles. The van der Waals surface area contributed by atoms with Crippen LogP contribution < -0.4 is 5.16 Å². The van der Waals surface area contributed by atoms with Gasteiger partial charge in [0.25, 0.3) is 0 Å². The Morgan fingerprint density at radius 1 is 1.40 bits per heavy atom. The SMILES string of the molecule is [O-]/[NH+]=C1\C=CC=C\C1=N\O. The van der Waals surface area contributed by atoms with E-state index >= 15 is 0 Å². The number of nitrogens with zero attached hydrogens (tertiary/aromatic N) is 1. The Balaban J connectivity index is 2.96. The van der Waals surface area contributed by atoms with Gasteiger partial charge in [0.1, 0.15) is 0 Å². The summed E-state index contributed by atoms with van der Waals surface area (Å²) in [6.07, 6.45) is 6.41. The maximum absolute atomic E-state index is 10.1. The fraction of sp³-hybridized carbons (Fsp3) is 0. The van der Waals surface area contributed by atoms with Crippen molar-refractivity contribution in [2.24, 2.45) is 5.16 Å². The molecule has 0 atom stereocenters. The van der Waals surface area contributed by atoms with Crippen LogP contribution in [0.1, 0.15) is 0 Å². The normalized spacial score (nSPS) is 24.4. The lowest BCUT2D eigenvalue weighted by atomic mass is 10.1. The predicted octanol–water partition coefficient (Wildman–Crippen LogP) is -1.04. The molecule has 0 bridgehead atoms. The van der Waals surface area contributed by atoms with Crippen molar-refractivity contribution in [2.75, 3.05) is 0 Å². The van der Waals surface area contributed by atoms with Gasteiger partial charge in [0.15, 0.2) is 5.71 Å². The second kappa shape index (κ2) is 2.82. The molecule has 52 valence electrons. The molecule has 10 heavy (non-hydrogen) atoms. The Hall–Kier alpha value is -1.58. The molecule has 0 aromatic rings. The molecule has 0 spiro atoms. The van der Waals surface area contributed by atoms with Crippen molar-refractivity contribution in [3.63, 3.8) is 0 Å². The van der Waals surface area contributed by atoms with Crippen LogP contribution in [0.5, 0.6) is 0 Å². The van der Waals surface area contributed by atoms with Crippen molar-refractivity contribution in [2.45, 2.75) is 0 Å². The van der Waals surface area contributed by atoms with Gasteiger partial charge in [0.2, 0.25) is 5.71 Å². The van der Waals surface area contributed by atoms with E-state index in [0.29, 0.717) is 0 Å².